The summed E-state index contributed by atoms with van der Waals surface area (Å²) in [5, 5.41) is 12.1. The zero-order chi connectivity index (χ0) is 24.7. The number of amides is 2. The number of nitriles is 1. The first kappa shape index (κ1) is 23.1. The van der Waals surface area contributed by atoms with Gasteiger partial charge >= 0.3 is 0 Å². The van der Waals surface area contributed by atoms with Crippen LogP contribution in [0.3, 0.4) is 0 Å². The molecule has 1 aliphatic heterocycles. The maximum absolute atomic E-state index is 13.9. The van der Waals surface area contributed by atoms with Gasteiger partial charge in [-0.1, -0.05) is 18.2 Å². The van der Waals surface area contributed by atoms with Crippen molar-refractivity contribution in [2.24, 2.45) is 23.2 Å². The molecule has 4 aliphatic carbocycles. The Labute approximate surface area is 212 Å². The second-order valence-corrected chi connectivity index (χ2v) is 11.5. The Morgan fingerprint density at radius 1 is 1.03 bits per heavy atom. The number of nitrogens with zero attached hydrogens (tertiary/aromatic N) is 2. The van der Waals surface area contributed by atoms with E-state index < -0.39 is 6.04 Å². The van der Waals surface area contributed by atoms with E-state index in [0.29, 0.717) is 47.9 Å². The van der Waals surface area contributed by atoms with Crippen LogP contribution in [0.4, 0.5) is 5.69 Å². The topological polar surface area (TPSA) is 82.4 Å². The maximum atomic E-state index is 13.9. The van der Waals surface area contributed by atoms with Gasteiger partial charge in [-0.25, -0.2) is 0 Å². The summed E-state index contributed by atoms with van der Waals surface area (Å²) in [6.07, 6.45) is 8.59. The Bertz CT molecular complexity index is 1180. The zero-order valence-electron chi connectivity index (χ0n) is 20.6. The number of carbonyl (C=O) groups excluding carboxylic acids is 2. The normalized spacial score (nSPS) is 30.1. The highest BCUT2D eigenvalue weighted by Crippen LogP contribution is 2.60. The van der Waals surface area contributed by atoms with Crippen LogP contribution >= 0.6 is 0 Å². The Kier molecular flexibility index (Phi) is 5.95. The Balaban J connectivity index is 1.11. The van der Waals surface area contributed by atoms with E-state index in [1.54, 1.807) is 12.1 Å². The number of benzene rings is 2. The molecular formula is C30H33N3O3. The zero-order valence-corrected chi connectivity index (χ0v) is 20.6. The highest BCUT2D eigenvalue weighted by molar-refractivity contribution is 5.98. The maximum Gasteiger partial charge on any atom is 0.247 e. The third-order valence-electron chi connectivity index (χ3n) is 8.87. The lowest BCUT2D eigenvalue weighted by atomic mass is 9.49. The van der Waals surface area contributed by atoms with Crippen LogP contribution in [0.2, 0.25) is 0 Å². The molecule has 1 saturated heterocycles. The number of anilines is 1. The first-order valence-corrected chi connectivity index (χ1v) is 13.4. The van der Waals surface area contributed by atoms with Crippen LogP contribution in [0.1, 0.15) is 62.5 Å². The van der Waals surface area contributed by atoms with Gasteiger partial charge < -0.3 is 15.0 Å². The van der Waals surface area contributed by atoms with Crippen molar-refractivity contribution in [1.82, 2.24) is 4.90 Å². The SMILES string of the molecule is N#Cc1cccc(COc2cccc(NC(=O)C3CCCN3C(=O)C34CC5CC(CC(C5)C3)C4)c2)c1. The lowest BCUT2D eigenvalue weighted by Crippen LogP contribution is -2.56. The minimum absolute atomic E-state index is 0.107. The quantitative estimate of drug-likeness (QED) is 0.606. The fourth-order valence-electron chi connectivity index (χ4n) is 7.75. The number of likely N-dealkylation sites (tertiary alicyclic amines) is 1. The van der Waals surface area contributed by atoms with E-state index in [1.807, 2.05) is 41.3 Å². The Morgan fingerprint density at radius 2 is 1.75 bits per heavy atom. The Morgan fingerprint density at radius 3 is 2.47 bits per heavy atom. The molecule has 5 aliphatic rings. The van der Waals surface area contributed by atoms with E-state index >= 15 is 0 Å². The predicted octanol–water partition coefficient (Wildman–Crippen LogP) is 5.28. The van der Waals surface area contributed by atoms with E-state index in [9.17, 15) is 9.59 Å². The number of hydrogen-bond acceptors (Lipinski definition) is 4. The molecule has 36 heavy (non-hydrogen) atoms. The molecule has 2 aromatic carbocycles. The van der Waals surface area contributed by atoms with E-state index in [1.165, 1.54) is 19.3 Å². The molecule has 7 rings (SSSR count). The van der Waals surface area contributed by atoms with Gasteiger partial charge in [0.1, 0.15) is 18.4 Å². The molecule has 1 heterocycles. The molecule has 4 saturated carbocycles. The number of hydrogen-bond donors (Lipinski definition) is 1. The first-order valence-electron chi connectivity index (χ1n) is 13.4. The molecule has 2 aromatic rings. The third kappa shape index (κ3) is 4.36. The molecule has 2 amide bonds. The molecule has 1 N–H and O–H groups in total. The highest BCUT2D eigenvalue weighted by atomic mass is 16.5. The van der Waals surface area contributed by atoms with Crippen LogP contribution in [-0.4, -0.2) is 29.3 Å². The summed E-state index contributed by atoms with van der Waals surface area (Å²) in [5.41, 5.74) is 1.96. The fraction of sp³-hybridized carbons (Fsp3) is 0.500. The van der Waals surface area contributed by atoms with E-state index in [0.717, 1.165) is 37.7 Å². The summed E-state index contributed by atoms with van der Waals surface area (Å²) in [7, 11) is 0. The number of nitrogens with one attached hydrogen (secondary N) is 1. The average Bonchev–Trinajstić information content (AvgIpc) is 3.37. The smallest absolute Gasteiger partial charge is 0.247 e. The van der Waals surface area contributed by atoms with Crippen LogP contribution < -0.4 is 10.1 Å². The highest BCUT2D eigenvalue weighted by Gasteiger charge is 2.56. The van der Waals surface area contributed by atoms with Crippen LogP contribution in [0.5, 0.6) is 5.75 Å². The van der Waals surface area contributed by atoms with E-state index in [2.05, 4.69) is 11.4 Å². The fourth-order valence-corrected chi connectivity index (χ4v) is 7.75. The largest absolute Gasteiger partial charge is 0.489 e. The monoisotopic (exact) mass is 483 g/mol. The molecule has 6 heteroatoms. The molecule has 0 aromatic heterocycles. The van der Waals surface area contributed by atoms with Crippen molar-refractivity contribution in [3.63, 3.8) is 0 Å². The minimum atomic E-state index is -0.399. The second-order valence-electron chi connectivity index (χ2n) is 11.5. The van der Waals surface area contributed by atoms with Crippen LogP contribution in [0.25, 0.3) is 0 Å². The third-order valence-corrected chi connectivity index (χ3v) is 8.87. The Hall–Kier alpha value is -3.33. The van der Waals surface area contributed by atoms with Crippen molar-refractivity contribution in [2.45, 2.75) is 64.0 Å². The lowest BCUT2D eigenvalue weighted by molar-refractivity contribution is -0.160. The van der Waals surface area contributed by atoms with Crippen molar-refractivity contribution < 1.29 is 14.3 Å². The van der Waals surface area contributed by atoms with Gasteiger partial charge in [-0.15, -0.1) is 0 Å². The van der Waals surface area contributed by atoms with Gasteiger partial charge in [0.2, 0.25) is 11.8 Å². The van der Waals surface area contributed by atoms with Crippen molar-refractivity contribution >= 4 is 17.5 Å². The lowest BCUT2D eigenvalue weighted by Gasteiger charge is -2.56. The molecule has 186 valence electrons. The van der Waals surface area contributed by atoms with Crippen molar-refractivity contribution in [2.75, 3.05) is 11.9 Å². The average molecular weight is 484 g/mol. The summed E-state index contributed by atoms with van der Waals surface area (Å²) in [4.78, 5) is 29.1. The van der Waals surface area contributed by atoms with Crippen LogP contribution in [0, 0.1) is 34.5 Å². The van der Waals surface area contributed by atoms with Gasteiger partial charge in [-0.3, -0.25) is 9.59 Å². The summed E-state index contributed by atoms with van der Waals surface area (Å²) < 4.78 is 5.91. The molecule has 4 bridgehead atoms. The van der Waals surface area contributed by atoms with Crippen LogP contribution in [-0.2, 0) is 16.2 Å². The molecule has 0 spiro atoms. The number of rotatable bonds is 6. The summed E-state index contributed by atoms with van der Waals surface area (Å²) in [5.74, 6) is 2.91. The summed E-state index contributed by atoms with van der Waals surface area (Å²) in [6.45, 7) is 1.02. The van der Waals surface area contributed by atoms with Crippen LogP contribution in [0.15, 0.2) is 48.5 Å². The number of ether oxygens (including phenoxy) is 1. The molecule has 5 fully saturated rings. The molecule has 6 nitrogen and oxygen atoms in total. The van der Waals surface area contributed by atoms with Gasteiger partial charge in [0, 0.05) is 18.3 Å². The standard InChI is InChI=1S/C30H33N3O3/c31-18-20-4-1-5-21(10-20)19-36-26-7-2-6-25(14-26)32-28(34)27-8-3-9-33(27)29(35)30-15-22-11-23(16-30)13-24(12-22)17-30/h1-2,4-7,10,14,22-24,27H,3,8-9,11-13,15-17,19H2,(H,32,34). The molecule has 0 radical (unpaired) electrons. The summed E-state index contributed by atoms with van der Waals surface area (Å²) >= 11 is 0. The first-order chi connectivity index (χ1) is 17.5. The minimum Gasteiger partial charge on any atom is -0.489 e. The molecule has 1 unspecified atom stereocenters. The van der Waals surface area contributed by atoms with Gasteiger partial charge in [0.05, 0.1) is 17.0 Å². The van der Waals surface area contributed by atoms with Crippen molar-refractivity contribution in [3.8, 4) is 11.8 Å². The summed E-state index contributed by atoms with van der Waals surface area (Å²) in [6, 6.07) is 16.4. The van der Waals surface area contributed by atoms with Crippen molar-refractivity contribution in [1.29, 1.82) is 5.26 Å². The van der Waals surface area contributed by atoms with Crippen molar-refractivity contribution in [3.05, 3.63) is 59.7 Å². The van der Waals surface area contributed by atoms with E-state index in [-0.39, 0.29) is 17.2 Å². The number of carbonyl (C=O) groups is 2. The van der Waals surface area contributed by atoms with E-state index in [4.69, 9.17) is 10.00 Å². The van der Waals surface area contributed by atoms with Gasteiger partial charge in [0.25, 0.3) is 0 Å². The van der Waals surface area contributed by atoms with Gasteiger partial charge in [-0.2, -0.15) is 5.26 Å². The molecule has 1 atom stereocenters. The van der Waals surface area contributed by atoms with Gasteiger partial charge in [0.15, 0.2) is 0 Å². The molecular weight excluding hydrogens is 450 g/mol. The van der Waals surface area contributed by atoms with Gasteiger partial charge in [-0.05, 0) is 98.9 Å². The predicted molar refractivity (Wildman–Crippen MR) is 136 cm³/mol. The second kappa shape index (κ2) is 9.28.